The largest absolute Gasteiger partial charge is 0.433 e. The van der Waals surface area contributed by atoms with Gasteiger partial charge in [-0.2, -0.15) is 13.2 Å². The van der Waals surface area contributed by atoms with Crippen LogP contribution in [0.3, 0.4) is 0 Å². The average Bonchev–Trinajstić information content (AvgIpc) is 2.76. The van der Waals surface area contributed by atoms with Crippen LogP contribution < -0.4 is 4.90 Å². The molecule has 0 radical (unpaired) electrons. The highest BCUT2D eigenvalue weighted by molar-refractivity contribution is 6.10. The summed E-state index contributed by atoms with van der Waals surface area (Å²) in [5.74, 6) is -3.42. The number of rotatable bonds is 3. The van der Waals surface area contributed by atoms with Crippen molar-refractivity contribution in [1.29, 1.82) is 0 Å². The van der Waals surface area contributed by atoms with Crippen LogP contribution in [0.4, 0.5) is 33.3 Å². The predicted octanol–water partition coefficient (Wildman–Crippen LogP) is 4.42. The van der Waals surface area contributed by atoms with Crippen molar-refractivity contribution in [2.45, 2.75) is 32.5 Å². The number of fused-ring (bicyclic) bond motifs is 1. The Morgan fingerprint density at radius 2 is 1.88 bits per heavy atom. The number of amides is 2. The van der Waals surface area contributed by atoms with Crippen molar-refractivity contribution in [1.82, 2.24) is 9.88 Å². The second-order valence-corrected chi connectivity index (χ2v) is 7.54. The first-order valence-corrected chi connectivity index (χ1v) is 9.93. The third-order valence-corrected chi connectivity index (χ3v) is 5.54. The van der Waals surface area contributed by atoms with Gasteiger partial charge in [0.25, 0.3) is 11.8 Å². The van der Waals surface area contributed by atoms with Crippen LogP contribution in [0.2, 0.25) is 0 Å². The fourth-order valence-electron chi connectivity index (χ4n) is 3.95. The van der Waals surface area contributed by atoms with Crippen LogP contribution in [0.5, 0.6) is 0 Å². The second-order valence-electron chi connectivity index (χ2n) is 7.54. The van der Waals surface area contributed by atoms with Crippen LogP contribution in [0, 0.1) is 11.6 Å². The third-order valence-electron chi connectivity index (χ3n) is 5.54. The van der Waals surface area contributed by atoms with E-state index in [9.17, 15) is 31.5 Å². The van der Waals surface area contributed by atoms with Crippen LogP contribution in [0.25, 0.3) is 0 Å². The molecule has 0 saturated heterocycles. The van der Waals surface area contributed by atoms with Gasteiger partial charge in [-0.05, 0) is 31.5 Å². The van der Waals surface area contributed by atoms with Gasteiger partial charge in [0.2, 0.25) is 0 Å². The smallest absolute Gasteiger partial charge is 0.321 e. The molecule has 33 heavy (non-hydrogen) atoms. The zero-order valence-corrected chi connectivity index (χ0v) is 17.5. The van der Waals surface area contributed by atoms with E-state index in [1.54, 1.807) is 6.92 Å². The lowest BCUT2D eigenvalue weighted by Crippen LogP contribution is -2.52. The molecule has 0 saturated carbocycles. The summed E-state index contributed by atoms with van der Waals surface area (Å²) in [5.41, 5.74) is -1.11. The van der Waals surface area contributed by atoms with Crippen molar-refractivity contribution in [3.63, 3.8) is 0 Å². The fourth-order valence-corrected chi connectivity index (χ4v) is 3.95. The van der Waals surface area contributed by atoms with Gasteiger partial charge in [0.1, 0.15) is 5.69 Å². The first-order chi connectivity index (χ1) is 15.5. The zero-order valence-electron chi connectivity index (χ0n) is 17.5. The molecule has 11 heteroatoms. The number of pyridine rings is 1. The molecule has 0 aliphatic carbocycles. The van der Waals surface area contributed by atoms with Gasteiger partial charge in [-0.1, -0.05) is 13.0 Å². The number of carbonyl (C=O) groups is 2. The maximum Gasteiger partial charge on any atom is 0.433 e. The number of halogens is 5. The number of hydrogen-bond acceptors (Lipinski definition) is 4. The Kier molecular flexibility index (Phi) is 5.51. The Hall–Kier alpha value is -3.63. The summed E-state index contributed by atoms with van der Waals surface area (Å²) in [7, 11) is 0. The van der Waals surface area contributed by atoms with Gasteiger partial charge in [0.05, 0.1) is 30.2 Å². The van der Waals surface area contributed by atoms with Gasteiger partial charge in [-0.15, -0.1) is 0 Å². The number of nitrogens with zero attached hydrogens (tertiary/aromatic N) is 4. The molecule has 2 aliphatic heterocycles. The normalized spacial score (nSPS) is 18.5. The Bertz CT molecular complexity index is 1220. The third kappa shape index (κ3) is 3.87. The van der Waals surface area contributed by atoms with E-state index in [1.807, 2.05) is 0 Å². The fraction of sp³-hybridized carbons (Fsp3) is 0.273. The van der Waals surface area contributed by atoms with Crippen LogP contribution in [0.1, 0.15) is 35.5 Å². The molecule has 0 spiro atoms. The predicted molar refractivity (Wildman–Crippen MR) is 109 cm³/mol. The number of carbonyl (C=O) groups excluding carboxylic acids is 2. The zero-order chi connectivity index (χ0) is 24.1. The Labute approximate surface area is 185 Å². The molecule has 1 unspecified atom stereocenters. The molecule has 4 rings (SSSR count). The molecular weight excluding hydrogens is 447 g/mol. The number of dihydropyridines is 1. The minimum Gasteiger partial charge on any atom is -0.321 e. The lowest BCUT2D eigenvalue weighted by Gasteiger charge is -2.42. The van der Waals surface area contributed by atoms with Crippen LogP contribution in [-0.4, -0.2) is 40.1 Å². The molecule has 2 amide bonds. The van der Waals surface area contributed by atoms with Crippen molar-refractivity contribution in [3.05, 3.63) is 65.0 Å². The van der Waals surface area contributed by atoms with Crippen molar-refractivity contribution in [2.24, 2.45) is 4.99 Å². The van der Waals surface area contributed by atoms with E-state index in [-0.39, 0.29) is 41.3 Å². The van der Waals surface area contributed by atoms with Crippen molar-refractivity contribution < 1.29 is 31.5 Å². The Morgan fingerprint density at radius 1 is 1.15 bits per heavy atom. The Morgan fingerprint density at radius 3 is 2.52 bits per heavy atom. The van der Waals surface area contributed by atoms with Crippen molar-refractivity contribution in [3.8, 4) is 0 Å². The summed E-state index contributed by atoms with van der Waals surface area (Å²) in [5, 5.41) is 0. The van der Waals surface area contributed by atoms with Gasteiger partial charge in [-0.3, -0.25) is 9.59 Å². The standard InChI is InChI=1S/C22H17F5N4O2/c1-3-12-16(5-4-14(23)20(12)24)30-10-31(15-6-7-19(32)29-11(15)2)21(33)13-8-18(22(25,26)27)28-9-17(13)30/h4-9,15H,3,10H2,1-2H3. The van der Waals surface area contributed by atoms with Crippen LogP contribution >= 0.6 is 0 Å². The molecular formula is C22H17F5N4O2. The first-order valence-electron chi connectivity index (χ1n) is 9.93. The highest BCUT2D eigenvalue weighted by Gasteiger charge is 2.40. The highest BCUT2D eigenvalue weighted by Crippen LogP contribution is 2.39. The number of hydrogen-bond donors (Lipinski definition) is 0. The average molecular weight is 464 g/mol. The maximum absolute atomic E-state index is 14.5. The van der Waals surface area contributed by atoms with Gasteiger partial charge in [-0.25, -0.2) is 18.8 Å². The van der Waals surface area contributed by atoms with Gasteiger partial charge in [0, 0.05) is 23.0 Å². The van der Waals surface area contributed by atoms with Crippen LogP contribution in [-0.2, 0) is 17.4 Å². The van der Waals surface area contributed by atoms with Gasteiger partial charge < -0.3 is 9.80 Å². The Balaban J connectivity index is 1.91. The van der Waals surface area contributed by atoms with E-state index in [2.05, 4.69) is 9.98 Å². The minimum absolute atomic E-state index is 0.00472. The molecule has 6 nitrogen and oxygen atoms in total. The quantitative estimate of drug-likeness (QED) is 0.631. The van der Waals surface area contributed by atoms with Crippen molar-refractivity contribution in [2.75, 3.05) is 11.6 Å². The summed E-state index contributed by atoms with van der Waals surface area (Å²) in [6, 6.07) is 2.03. The SMILES string of the molecule is CCc1c(N2CN(C3C=CC(=O)N=C3C)C(=O)c3cc(C(F)(F)F)ncc32)ccc(F)c1F. The maximum atomic E-state index is 14.5. The summed E-state index contributed by atoms with van der Waals surface area (Å²) in [4.78, 5) is 34.7. The highest BCUT2D eigenvalue weighted by atomic mass is 19.4. The molecule has 3 heterocycles. The molecule has 2 aromatic rings. The summed E-state index contributed by atoms with van der Waals surface area (Å²) in [6.07, 6.45) is -1.23. The van der Waals surface area contributed by atoms with E-state index in [0.717, 1.165) is 18.3 Å². The number of anilines is 2. The molecule has 0 fully saturated rings. The van der Waals surface area contributed by atoms with Gasteiger partial charge >= 0.3 is 6.18 Å². The molecule has 1 aromatic heterocycles. The first kappa shape index (κ1) is 22.6. The molecule has 0 N–H and O–H groups in total. The molecule has 1 atom stereocenters. The topological polar surface area (TPSA) is 65.9 Å². The number of benzene rings is 1. The summed E-state index contributed by atoms with van der Waals surface area (Å²) >= 11 is 0. The van der Waals surface area contributed by atoms with E-state index < -0.39 is 41.4 Å². The summed E-state index contributed by atoms with van der Waals surface area (Å²) in [6.45, 7) is 2.90. The summed E-state index contributed by atoms with van der Waals surface area (Å²) < 4.78 is 68.3. The molecule has 2 aliphatic rings. The minimum atomic E-state index is -4.80. The lowest BCUT2D eigenvalue weighted by molar-refractivity contribution is -0.141. The molecule has 1 aromatic carbocycles. The van der Waals surface area contributed by atoms with E-state index in [0.29, 0.717) is 6.07 Å². The monoisotopic (exact) mass is 464 g/mol. The second kappa shape index (κ2) is 8.05. The van der Waals surface area contributed by atoms with E-state index in [4.69, 9.17) is 0 Å². The van der Waals surface area contributed by atoms with E-state index in [1.165, 1.54) is 28.9 Å². The lowest BCUT2D eigenvalue weighted by atomic mass is 10.0. The van der Waals surface area contributed by atoms with Crippen molar-refractivity contribution >= 4 is 28.9 Å². The molecule has 0 bridgehead atoms. The van der Waals surface area contributed by atoms with Crippen LogP contribution in [0.15, 0.2) is 41.5 Å². The number of alkyl halides is 3. The number of aromatic nitrogens is 1. The van der Waals surface area contributed by atoms with E-state index >= 15 is 0 Å². The molecule has 172 valence electrons. The van der Waals surface area contributed by atoms with Gasteiger partial charge in [0.15, 0.2) is 11.6 Å². The number of aliphatic imine (C=N–C) groups is 1.